The van der Waals surface area contributed by atoms with Gasteiger partial charge in [-0.3, -0.25) is 9.59 Å². The Morgan fingerprint density at radius 2 is 1.70 bits per heavy atom. The van der Waals surface area contributed by atoms with Crippen molar-refractivity contribution in [3.8, 4) is 0 Å². The molecule has 0 N–H and O–H groups in total. The largest absolute Gasteiger partial charge is 0.406 e. The van der Waals surface area contributed by atoms with Gasteiger partial charge in [0.1, 0.15) is 6.54 Å². The van der Waals surface area contributed by atoms with Gasteiger partial charge in [-0.1, -0.05) is 13.3 Å². The average Bonchev–Trinajstić information content (AvgIpc) is 3.34. The zero-order chi connectivity index (χ0) is 17.0. The topological polar surface area (TPSA) is 40.6 Å². The molecule has 1 aliphatic heterocycles. The summed E-state index contributed by atoms with van der Waals surface area (Å²) in [5.74, 6) is -0.505. The van der Waals surface area contributed by atoms with Crippen LogP contribution >= 0.6 is 0 Å². The van der Waals surface area contributed by atoms with E-state index in [1.807, 2.05) is 6.92 Å². The molecule has 0 radical (unpaired) electrons. The van der Waals surface area contributed by atoms with E-state index in [-0.39, 0.29) is 18.4 Å². The van der Waals surface area contributed by atoms with Crippen LogP contribution in [0, 0.1) is 11.8 Å². The molecule has 0 aromatic heterocycles. The summed E-state index contributed by atoms with van der Waals surface area (Å²) in [4.78, 5) is 27.1. The van der Waals surface area contributed by atoms with E-state index in [1.165, 1.54) is 0 Å². The molecule has 1 saturated carbocycles. The predicted octanol–water partition coefficient (Wildman–Crippen LogP) is 2.83. The summed E-state index contributed by atoms with van der Waals surface area (Å²) < 4.78 is 38.0. The first-order chi connectivity index (χ1) is 10.8. The second-order valence-corrected chi connectivity index (χ2v) is 6.60. The zero-order valence-electron chi connectivity index (χ0n) is 13.6. The molecule has 132 valence electrons. The molecule has 2 aliphatic rings. The molecular formula is C16H25F3N2O2. The molecule has 2 amide bonds. The lowest BCUT2D eigenvalue weighted by molar-refractivity contribution is -0.165. The molecule has 0 aromatic rings. The molecule has 2 fully saturated rings. The third kappa shape index (κ3) is 5.39. The lowest BCUT2D eigenvalue weighted by Gasteiger charge is -2.34. The van der Waals surface area contributed by atoms with E-state index < -0.39 is 24.5 Å². The molecule has 23 heavy (non-hydrogen) atoms. The van der Waals surface area contributed by atoms with Crippen LogP contribution in [0.5, 0.6) is 0 Å². The molecule has 0 spiro atoms. The summed E-state index contributed by atoms with van der Waals surface area (Å²) in [6.45, 7) is 1.83. The summed E-state index contributed by atoms with van der Waals surface area (Å²) >= 11 is 0. The number of unbranched alkanes of at least 4 members (excludes halogenated alkanes) is 1. The number of carbonyl (C=O) groups is 2. The fourth-order valence-electron chi connectivity index (χ4n) is 3.03. The van der Waals surface area contributed by atoms with E-state index in [2.05, 4.69) is 0 Å². The van der Waals surface area contributed by atoms with Crippen LogP contribution in [0.3, 0.4) is 0 Å². The van der Waals surface area contributed by atoms with Gasteiger partial charge in [-0.2, -0.15) is 13.2 Å². The van der Waals surface area contributed by atoms with Gasteiger partial charge >= 0.3 is 6.18 Å². The van der Waals surface area contributed by atoms with Crippen LogP contribution in [-0.2, 0) is 9.59 Å². The Morgan fingerprint density at radius 3 is 2.17 bits per heavy atom. The number of nitrogens with zero attached hydrogens (tertiary/aromatic N) is 2. The number of amides is 2. The third-order valence-electron chi connectivity index (χ3n) is 4.55. The highest BCUT2D eigenvalue weighted by Crippen LogP contribution is 2.33. The molecule has 2 rings (SSSR count). The smallest absolute Gasteiger partial charge is 0.342 e. The standard InChI is InChI=1S/C16H25F3N2O2/c1-2-3-8-21(11-16(17,18)19)15(23)13-6-9-20(10-7-13)14(22)12-4-5-12/h12-13H,2-11H2,1H3. The Hall–Kier alpha value is -1.27. The number of rotatable bonds is 6. The maximum atomic E-state index is 12.7. The van der Waals surface area contributed by atoms with Crippen molar-refractivity contribution in [2.45, 2.75) is 51.6 Å². The lowest BCUT2D eigenvalue weighted by Crippen LogP contribution is -2.47. The van der Waals surface area contributed by atoms with Crippen LogP contribution in [0.2, 0.25) is 0 Å². The Morgan fingerprint density at radius 1 is 1.09 bits per heavy atom. The molecule has 0 aromatic carbocycles. The van der Waals surface area contributed by atoms with Gasteiger partial charge < -0.3 is 9.80 Å². The Labute approximate surface area is 135 Å². The maximum Gasteiger partial charge on any atom is 0.406 e. The first kappa shape index (κ1) is 18.1. The summed E-state index contributed by atoms with van der Waals surface area (Å²) in [7, 11) is 0. The quantitative estimate of drug-likeness (QED) is 0.749. The van der Waals surface area contributed by atoms with E-state index in [0.29, 0.717) is 32.4 Å². The van der Waals surface area contributed by atoms with Gasteiger partial charge in [0.15, 0.2) is 0 Å². The summed E-state index contributed by atoms with van der Waals surface area (Å²) in [6, 6.07) is 0. The highest BCUT2D eigenvalue weighted by Gasteiger charge is 2.38. The molecule has 0 atom stereocenters. The van der Waals surface area contributed by atoms with Crippen molar-refractivity contribution in [3.63, 3.8) is 0 Å². The Balaban J connectivity index is 1.88. The van der Waals surface area contributed by atoms with Crippen LogP contribution in [0.15, 0.2) is 0 Å². The summed E-state index contributed by atoms with van der Waals surface area (Å²) in [5, 5.41) is 0. The molecule has 0 bridgehead atoms. The van der Waals surface area contributed by atoms with Gasteiger partial charge in [0.2, 0.25) is 11.8 Å². The highest BCUT2D eigenvalue weighted by atomic mass is 19.4. The Bertz CT molecular complexity index is 428. The number of alkyl halides is 3. The second kappa shape index (κ2) is 7.53. The number of likely N-dealkylation sites (tertiary alicyclic amines) is 1. The predicted molar refractivity (Wildman–Crippen MR) is 79.6 cm³/mol. The summed E-state index contributed by atoms with van der Waals surface area (Å²) in [6.07, 6.45) is -0.236. The zero-order valence-corrected chi connectivity index (χ0v) is 13.6. The van der Waals surface area contributed by atoms with Gasteiger partial charge in [0, 0.05) is 31.5 Å². The van der Waals surface area contributed by atoms with Gasteiger partial charge in [-0.25, -0.2) is 0 Å². The van der Waals surface area contributed by atoms with Crippen LogP contribution in [-0.4, -0.2) is 54.0 Å². The number of halogens is 3. The van der Waals surface area contributed by atoms with Gasteiger partial charge in [0.05, 0.1) is 0 Å². The third-order valence-corrected chi connectivity index (χ3v) is 4.55. The van der Waals surface area contributed by atoms with E-state index in [1.54, 1.807) is 4.90 Å². The van der Waals surface area contributed by atoms with E-state index in [4.69, 9.17) is 0 Å². The van der Waals surface area contributed by atoms with Crippen molar-refractivity contribution in [1.82, 2.24) is 9.80 Å². The van der Waals surface area contributed by atoms with Crippen LogP contribution in [0.25, 0.3) is 0 Å². The van der Waals surface area contributed by atoms with Gasteiger partial charge in [-0.15, -0.1) is 0 Å². The van der Waals surface area contributed by atoms with E-state index in [9.17, 15) is 22.8 Å². The monoisotopic (exact) mass is 334 g/mol. The molecule has 7 heteroatoms. The number of hydrogen-bond acceptors (Lipinski definition) is 2. The van der Waals surface area contributed by atoms with Crippen LogP contribution in [0.4, 0.5) is 13.2 Å². The lowest BCUT2D eigenvalue weighted by atomic mass is 9.94. The van der Waals surface area contributed by atoms with Crippen molar-refractivity contribution < 1.29 is 22.8 Å². The summed E-state index contributed by atoms with van der Waals surface area (Å²) in [5.41, 5.74) is 0. The second-order valence-electron chi connectivity index (χ2n) is 6.60. The number of piperidine rings is 1. The fraction of sp³-hybridized carbons (Fsp3) is 0.875. The fourth-order valence-corrected chi connectivity index (χ4v) is 3.03. The van der Waals surface area contributed by atoms with Crippen LogP contribution < -0.4 is 0 Å². The first-order valence-electron chi connectivity index (χ1n) is 8.46. The van der Waals surface area contributed by atoms with E-state index in [0.717, 1.165) is 24.2 Å². The molecule has 0 unspecified atom stereocenters. The molecule has 1 saturated heterocycles. The van der Waals surface area contributed by atoms with Crippen molar-refractivity contribution in [1.29, 1.82) is 0 Å². The SMILES string of the molecule is CCCCN(CC(F)(F)F)C(=O)C1CCN(C(=O)C2CC2)CC1. The van der Waals surface area contributed by atoms with Crippen molar-refractivity contribution in [2.75, 3.05) is 26.2 Å². The van der Waals surface area contributed by atoms with Gasteiger partial charge in [-0.05, 0) is 32.1 Å². The minimum atomic E-state index is -4.37. The molecular weight excluding hydrogens is 309 g/mol. The molecule has 4 nitrogen and oxygen atoms in total. The van der Waals surface area contributed by atoms with Crippen LogP contribution in [0.1, 0.15) is 45.4 Å². The number of hydrogen-bond donors (Lipinski definition) is 0. The van der Waals surface area contributed by atoms with E-state index >= 15 is 0 Å². The van der Waals surface area contributed by atoms with Crippen molar-refractivity contribution in [3.05, 3.63) is 0 Å². The van der Waals surface area contributed by atoms with Crippen molar-refractivity contribution >= 4 is 11.8 Å². The minimum absolute atomic E-state index is 0.147. The average molecular weight is 334 g/mol. The molecule has 1 heterocycles. The van der Waals surface area contributed by atoms with Gasteiger partial charge in [0.25, 0.3) is 0 Å². The maximum absolute atomic E-state index is 12.7. The van der Waals surface area contributed by atoms with Crippen molar-refractivity contribution in [2.24, 2.45) is 11.8 Å². The normalized spacial score (nSPS) is 19.7. The molecule has 1 aliphatic carbocycles. The highest BCUT2D eigenvalue weighted by molar-refractivity contribution is 5.82. The first-order valence-corrected chi connectivity index (χ1v) is 8.46. The minimum Gasteiger partial charge on any atom is -0.342 e. The number of carbonyl (C=O) groups excluding carboxylic acids is 2. The Kier molecular flexibility index (Phi) is 5.92.